The van der Waals surface area contributed by atoms with Crippen molar-refractivity contribution in [3.05, 3.63) is 156 Å². The van der Waals surface area contributed by atoms with Crippen molar-refractivity contribution in [3.8, 4) is 11.1 Å². The van der Waals surface area contributed by atoms with Crippen LogP contribution < -0.4 is 21.6 Å². The van der Waals surface area contributed by atoms with Crippen LogP contribution in [0.15, 0.2) is 133 Å². The first kappa shape index (κ1) is 41.0. The standard InChI is InChI=1S/C62H60BN3/c1-59(2,3)37-21-22-54-49(30-37)51-31-40(62(10,11)12)32-52-50-33-41(64)34-56-57(50)63(66(54)58(51)52)53-25-35-23-47-45-19-15-13-17-43(45)44-18-14-16-20-46(44)48(47)24-36(35)26-55(53)65(56)42-28-38(60(4,5)6)27-39(29-42)61(7,8)9/h13-34H,64H2,1-12H3. The van der Waals surface area contributed by atoms with E-state index in [2.05, 4.69) is 226 Å². The fraction of sp³-hybridized carbons (Fsp3) is 0.258. The van der Waals surface area contributed by atoms with E-state index in [-0.39, 0.29) is 28.5 Å². The van der Waals surface area contributed by atoms with Gasteiger partial charge in [0.05, 0.1) is 0 Å². The van der Waals surface area contributed by atoms with Gasteiger partial charge < -0.3 is 15.1 Å². The second-order valence-electron chi connectivity index (χ2n) is 23.8. The number of anilines is 4. The SMILES string of the molecule is CC(C)(C)c1cc(N2c3cc4cc5c6ccccc6c6ccccc6c5cc4cc3B3c4c(cc(N)cc42)-c2cc(C(C)(C)C)cc4c5cc(C(C)(C)C)ccc5n3c24)cc(C(C)(C)C)c1. The molecule has 0 saturated carbocycles. The zero-order valence-corrected chi connectivity index (χ0v) is 40.8. The van der Waals surface area contributed by atoms with E-state index in [0.717, 1.165) is 11.4 Å². The summed E-state index contributed by atoms with van der Waals surface area (Å²) in [5.74, 6) is 0. The lowest BCUT2D eigenvalue weighted by Gasteiger charge is -2.41. The molecule has 2 aliphatic heterocycles. The Morgan fingerprint density at radius 1 is 0.409 bits per heavy atom. The van der Waals surface area contributed by atoms with Gasteiger partial charge in [-0.1, -0.05) is 150 Å². The summed E-state index contributed by atoms with van der Waals surface area (Å²) in [5, 5.41) is 12.8. The molecule has 66 heavy (non-hydrogen) atoms. The van der Waals surface area contributed by atoms with Crippen LogP contribution in [0.2, 0.25) is 0 Å². The molecule has 10 aromatic rings. The Labute approximate surface area is 390 Å². The fourth-order valence-corrected chi connectivity index (χ4v) is 11.5. The molecule has 3 nitrogen and oxygen atoms in total. The van der Waals surface area contributed by atoms with E-state index in [0.29, 0.717) is 0 Å². The highest BCUT2D eigenvalue weighted by Crippen LogP contribution is 2.50. The van der Waals surface area contributed by atoms with Crippen LogP contribution in [0.1, 0.15) is 105 Å². The van der Waals surface area contributed by atoms with Crippen LogP contribution in [0.25, 0.3) is 76.0 Å². The van der Waals surface area contributed by atoms with Crippen LogP contribution in [0, 0.1) is 0 Å². The number of fused-ring (bicyclic) bond motifs is 14. The van der Waals surface area contributed by atoms with Crippen LogP contribution in [0.4, 0.5) is 22.7 Å². The normalized spacial score (nSPS) is 14.1. The minimum absolute atomic E-state index is 0.000467. The van der Waals surface area contributed by atoms with Crippen molar-refractivity contribution in [3.63, 3.8) is 0 Å². The Morgan fingerprint density at radius 3 is 1.48 bits per heavy atom. The Bertz CT molecular complexity index is 3730. The lowest BCUT2D eigenvalue weighted by molar-refractivity contribution is 0.569. The Balaban J connectivity index is 1.27. The van der Waals surface area contributed by atoms with Crippen LogP contribution in [-0.2, 0) is 21.7 Å². The number of benzene rings is 9. The van der Waals surface area contributed by atoms with Crippen molar-refractivity contribution < 1.29 is 0 Å². The van der Waals surface area contributed by atoms with Crippen molar-refractivity contribution >= 4 is 105 Å². The molecule has 0 saturated heterocycles. The number of hydrogen-bond donors (Lipinski definition) is 1. The summed E-state index contributed by atoms with van der Waals surface area (Å²) in [6, 6.07) is 52.0. The number of nitrogens with zero attached hydrogens (tertiary/aromatic N) is 2. The summed E-state index contributed by atoms with van der Waals surface area (Å²) < 4.78 is 2.71. The average molecular weight is 858 g/mol. The third kappa shape index (κ3) is 5.89. The summed E-state index contributed by atoms with van der Waals surface area (Å²) >= 11 is 0. The quantitative estimate of drug-likeness (QED) is 0.0772. The first-order valence-electron chi connectivity index (χ1n) is 24.0. The number of aromatic nitrogens is 1. The van der Waals surface area contributed by atoms with Crippen molar-refractivity contribution in [1.29, 1.82) is 0 Å². The number of hydrogen-bond acceptors (Lipinski definition) is 2. The zero-order valence-electron chi connectivity index (χ0n) is 40.8. The van der Waals surface area contributed by atoms with Gasteiger partial charge in [0.15, 0.2) is 0 Å². The molecule has 9 aromatic carbocycles. The highest BCUT2D eigenvalue weighted by Gasteiger charge is 2.44. The van der Waals surface area contributed by atoms with Gasteiger partial charge in [-0.3, -0.25) is 0 Å². The van der Waals surface area contributed by atoms with E-state index in [4.69, 9.17) is 5.73 Å². The van der Waals surface area contributed by atoms with Gasteiger partial charge in [0.1, 0.15) is 0 Å². The number of nitrogens with two attached hydrogens (primary N) is 1. The Kier molecular flexibility index (Phi) is 8.26. The van der Waals surface area contributed by atoms with Gasteiger partial charge in [-0.05, 0) is 170 Å². The van der Waals surface area contributed by atoms with E-state index < -0.39 is 0 Å². The lowest BCUT2D eigenvalue weighted by atomic mass is 9.45. The summed E-state index contributed by atoms with van der Waals surface area (Å²) in [5.41, 5.74) is 24.3. The average Bonchev–Trinajstić information content (AvgIpc) is 3.59. The van der Waals surface area contributed by atoms with Gasteiger partial charge in [0.2, 0.25) is 0 Å². The summed E-state index contributed by atoms with van der Waals surface area (Å²) in [7, 11) is 0. The molecule has 0 spiro atoms. The molecule has 3 heterocycles. The molecule has 4 heteroatoms. The molecule has 0 fully saturated rings. The maximum atomic E-state index is 7.22. The van der Waals surface area contributed by atoms with E-state index in [1.165, 1.54) is 121 Å². The molecule has 0 radical (unpaired) electrons. The highest BCUT2D eigenvalue weighted by atomic mass is 15.2. The van der Waals surface area contributed by atoms with Gasteiger partial charge in [-0.25, -0.2) is 0 Å². The highest BCUT2D eigenvalue weighted by molar-refractivity contribution is 6.90. The van der Waals surface area contributed by atoms with E-state index in [1.54, 1.807) is 0 Å². The number of rotatable bonds is 1. The van der Waals surface area contributed by atoms with Crippen LogP contribution in [0.3, 0.4) is 0 Å². The maximum Gasteiger partial charge on any atom is 0.333 e. The summed E-state index contributed by atoms with van der Waals surface area (Å²) in [6.07, 6.45) is 0. The monoisotopic (exact) mass is 857 g/mol. The topological polar surface area (TPSA) is 34.2 Å². The number of nitrogen functional groups attached to an aromatic ring is 1. The van der Waals surface area contributed by atoms with Crippen molar-refractivity contribution in [2.75, 3.05) is 10.6 Å². The smallest absolute Gasteiger partial charge is 0.333 e. The molecule has 0 unspecified atom stereocenters. The summed E-state index contributed by atoms with van der Waals surface area (Å²) in [4.78, 5) is 2.58. The summed E-state index contributed by atoms with van der Waals surface area (Å²) in [6.45, 7) is 27.9. The van der Waals surface area contributed by atoms with Gasteiger partial charge in [0.25, 0.3) is 0 Å². The van der Waals surface area contributed by atoms with Crippen molar-refractivity contribution in [2.24, 2.45) is 0 Å². The molecule has 326 valence electrons. The third-order valence-corrected chi connectivity index (χ3v) is 15.2. The van der Waals surface area contributed by atoms with Crippen LogP contribution in [-0.4, -0.2) is 11.3 Å². The third-order valence-electron chi connectivity index (χ3n) is 15.2. The first-order valence-corrected chi connectivity index (χ1v) is 24.0. The molecule has 0 aliphatic carbocycles. The Morgan fingerprint density at radius 2 is 0.924 bits per heavy atom. The van der Waals surface area contributed by atoms with Crippen molar-refractivity contribution in [1.82, 2.24) is 4.48 Å². The van der Waals surface area contributed by atoms with Gasteiger partial charge >= 0.3 is 6.85 Å². The molecule has 2 aliphatic rings. The molecular weight excluding hydrogens is 798 g/mol. The van der Waals surface area contributed by atoms with Crippen LogP contribution >= 0.6 is 0 Å². The van der Waals surface area contributed by atoms with E-state index in [9.17, 15) is 0 Å². The van der Waals surface area contributed by atoms with E-state index >= 15 is 0 Å². The van der Waals surface area contributed by atoms with Crippen LogP contribution in [0.5, 0.6) is 0 Å². The molecule has 0 bridgehead atoms. The second-order valence-corrected chi connectivity index (χ2v) is 23.8. The molecular formula is C62H60BN3. The second kappa shape index (κ2) is 13.3. The first-order chi connectivity index (χ1) is 31.1. The van der Waals surface area contributed by atoms with E-state index in [1.807, 2.05) is 0 Å². The fourth-order valence-electron chi connectivity index (χ4n) is 11.5. The maximum absolute atomic E-state index is 7.22. The van der Waals surface area contributed by atoms with Gasteiger partial charge in [-0.15, -0.1) is 0 Å². The van der Waals surface area contributed by atoms with Gasteiger partial charge in [0, 0.05) is 50.1 Å². The molecule has 12 rings (SSSR count). The Hall–Kier alpha value is -6.52. The predicted molar refractivity (Wildman–Crippen MR) is 289 cm³/mol. The minimum Gasteiger partial charge on any atom is -0.399 e. The lowest BCUT2D eigenvalue weighted by Crippen LogP contribution is -2.56. The van der Waals surface area contributed by atoms with Crippen molar-refractivity contribution in [2.45, 2.75) is 105 Å². The minimum atomic E-state index is -0.100. The molecule has 1 aromatic heterocycles. The largest absolute Gasteiger partial charge is 0.399 e. The molecule has 0 amide bonds. The molecule has 0 atom stereocenters. The molecule has 2 N–H and O–H groups in total. The van der Waals surface area contributed by atoms with Gasteiger partial charge in [-0.2, -0.15) is 0 Å². The predicted octanol–water partition coefficient (Wildman–Crippen LogP) is 15.6. The zero-order chi connectivity index (χ0) is 46.1.